The summed E-state index contributed by atoms with van der Waals surface area (Å²) in [5, 5.41) is 7.51. The van der Waals surface area contributed by atoms with Crippen LogP contribution in [0.5, 0.6) is 5.75 Å². The Morgan fingerprint density at radius 2 is 1.78 bits per heavy atom. The zero-order valence-electron chi connectivity index (χ0n) is 9.69. The Labute approximate surface area is 114 Å². The molecule has 18 heavy (non-hydrogen) atoms. The number of amidine groups is 1. The molecule has 0 aromatic heterocycles. The van der Waals surface area contributed by atoms with Gasteiger partial charge in [-0.05, 0) is 28.1 Å². The fraction of sp³-hybridized carbons (Fsp3) is 0.0714. The largest absolute Gasteiger partial charge is 0.488 e. The van der Waals surface area contributed by atoms with Gasteiger partial charge in [-0.1, -0.05) is 36.4 Å². The van der Waals surface area contributed by atoms with Crippen LogP contribution in [0.3, 0.4) is 0 Å². The van der Waals surface area contributed by atoms with Crippen LogP contribution in [0.1, 0.15) is 11.1 Å². The smallest absolute Gasteiger partial charge is 0.133 e. The van der Waals surface area contributed by atoms with Gasteiger partial charge >= 0.3 is 0 Å². The minimum absolute atomic E-state index is 0.0568. The molecule has 0 atom stereocenters. The van der Waals surface area contributed by atoms with Crippen LogP contribution >= 0.6 is 15.9 Å². The van der Waals surface area contributed by atoms with E-state index in [1.54, 1.807) is 0 Å². The van der Waals surface area contributed by atoms with Gasteiger partial charge in [-0.15, -0.1) is 0 Å². The average Bonchev–Trinajstić information content (AvgIpc) is 2.38. The number of benzene rings is 2. The normalized spacial score (nSPS) is 10.1. The van der Waals surface area contributed by atoms with E-state index in [1.165, 1.54) is 0 Å². The maximum atomic E-state index is 7.51. The highest BCUT2D eigenvalue weighted by atomic mass is 79.9. The molecule has 2 aromatic rings. The van der Waals surface area contributed by atoms with Gasteiger partial charge in [-0.25, -0.2) is 0 Å². The summed E-state index contributed by atoms with van der Waals surface area (Å²) in [4.78, 5) is 0. The van der Waals surface area contributed by atoms with Crippen LogP contribution < -0.4 is 10.5 Å². The van der Waals surface area contributed by atoms with Crippen molar-refractivity contribution in [2.24, 2.45) is 5.73 Å². The summed E-state index contributed by atoms with van der Waals surface area (Å²) < 4.78 is 6.62. The van der Waals surface area contributed by atoms with Crippen LogP contribution in [0, 0.1) is 5.41 Å². The highest BCUT2D eigenvalue weighted by molar-refractivity contribution is 9.10. The maximum Gasteiger partial charge on any atom is 0.133 e. The molecule has 0 spiro atoms. The first kappa shape index (κ1) is 12.6. The van der Waals surface area contributed by atoms with Crippen molar-refractivity contribution in [3.8, 4) is 5.75 Å². The Morgan fingerprint density at radius 3 is 2.50 bits per heavy atom. The summed E-state index contributed by atoms with van der Waals surface area (Å²) in [7, 11) is 0. The molecule has 0 saturated carbocycles. The summed E-state index contributed by atoms with van der Waals surface area (Å²) in [5.74, 6) is 0.831. The van der Waals surface area contributed by atoms with Gasteiger partial charge < -0.3 is 10.5 Å². The zero-order chi connectivity index (χ0) is 13.0. The Balaban J connectivity index is 2.16. The maximum absolute atomic E-state index is 7.51. The standard InChI is InChI=1S/C14H13BrN2O/c15-12-7-3-4-8-13(12)18-9-10-5-1-2-6-11(10)14(16)17/h1-8H,9H2,(H3,16,17). The van der Waals surface area contributed by atoms with Crippen LogP contribution in [-0.2, 0) is 6.61 Å². The van der Waals surface area contributed by atoms with Crippen LogP contribution in [-0.4, -0.2) is 5.84 Å². The molecule has 0 aliphatic carbocycles. The molecule has 92 valence electrons. The van der Waals surface area contributed by atoms with E-state index in [4.69, 9.17) is 15.9 Å². The Hall–Kier alpha value is -1.81. The monoisotopic (exact) mass is 304 g/mol. The third kappa shape index (κ3) is 2.90. The van der Waals surface area contributed by atoms with Crippen LogP contribution in [0.2, 0.25) is 0 Å². The van der Waals surface area contributed by atoms with Crippen LogP contribution in [0.15, 0.2) is 53.0 Å². The highest BCUT2D eigenvalue weighted by Crippen LogP contribution is 2.25. The molecule has 0 aliphatic rings. The van der Waals surface area contributed by atoms with Crippen LogP contribution in [0.4, 0.5) is 0 Å². The lowest BCUT2D eigenvalue weighted by Gasteiger charge is -2.11. The first-order chi connectivity index (χ1) is 8.68. The Bertz CT molecular complexity index is 569. The Morgan fingerprint density at radius 1 is 1.11 bits per heavy atom. The third-order valence-electron chi connectivity index (χ3n) is 2.53. The summed E-state index contributed by atoms with van der Waals surface area (Å²) in [5.41, 5.74) is 7.15. The molecule has 0 saturated heterocycles. The van der Waals surface area contributed by atoms with Gasteiger partial charge in [0.25, 0.3) is 0 Å². The molecule has 0 heterocycles. The van der Waals surface area contributed by atoms with E-state index in [1.807, 2.05) is 48.5 Å². The molecule has 3 N–H and O–H groups in total. The van der Waals surface area contributed by atoms with Crippen molar-refractivity contribution < 1.29 is 4.74 Å². The van der Waals surface area contributed by atoms with E-state index in [9.17, 15) is 0 Å². The lowest BCUT2D eigenvalue weighted by atomic mass is 10.1. The van der Waals surface area contributed by atoms with Gasteiger partial charge in [-0.3, -0.25) is 5.41 Å². The highest BCUT2D eigenvalue weighted by Gasteiger charge is 2.06. The SMILES string of the molecule is N=C(N)c1ccccc1COc1ccccc1Br. The Kier molecular flexibility index (Phi) is 3.99. The van der Waals surface area contributed by atoms with Gasteiger partial charge in [0.2, 0.25) is 0 Å². The molecule has 0 bridgehead atoms. The predicted octanol–water partition coefficient (Wildman–Crippen LogP) is 3.31. The zero-order valence-corrected chi connectivity index (χ0v) is 11.3. The fourth-order valence-corrected chi connectivity index (χ4v) is 2.03. The number of hydrogen-bond donors (Lipinski definition) is 2. The molecule has 0 amide bonds. The molecule has 3 nitrogen and oxygen atoms in total. The molecule has 0 unspecified atom stereocenters. The van der Waals surface area contributed by atoms with Crippen LogP contribution in [0.25, 0.3) is 0 Å². The van der Waals surface area contributed by atoms with Crippen molar-refractivity contribution >= 4 is 21.8 Å². The molecular weight excluding hydrogens is 292 g/mol. The third-order valence-corrected chi connectivity index (χ3v) is 3.18. The number of para-hydroxylation sites is 1. The van der Waals surface area contributed by atoms with Crippen molar-refractivity contribution in [2.45, 2.75) is 6.61 Å². The lowest BCUT2D eigenvalue weighted by molar-refractivity contribution is 0.304. The van der Waals surface area contributed by atoms with Crippen molar-refractivity contribution in [2.75, 3.05) is 0 Å². The summed E-state index contributed by atoms with van der Waals surface area (Å²) in [6.07, 6.45) is 0. The first-order valence-electron chi connectivity index (χ1n) is 5.48. The molecular formula is C14H13BrN2O. The van der Waals surface area contributed by atoms with Crippen molar-refractivity contribution in [3.05, 3.63) is 64.1 Å². The number of ether oxygens (including phenoxy) is 1. The number of nitrogen functional groups attached to an aromatic ring is 1. The summed E-state index contributed by atoms with van der Waals surface area (Å²) in [6, 6.07) is 15.2. The molecule has 2 aromatic carbocycles. The van der Waals surface area contributed by atoms with E-state index < -0.39 is 0 Å². The quantitative estimate of drug-likeness (QED) is 0.672. The van der Waals surface area contributed by atoms with E-state index in [2.05, 4.69) is 15.9 Å². The average molecular weight is 305 g/mol. The van der Waals surface area contributed by atoms with E-state index in [0.717, 1.165) is 15.8 Å². The minimum atomic E-state index is 0.0568. The lowest BCUT2D eigenvalue weighted by Crippen LogP contribution is -2.14. The number of halogens is 1. The van der Waals surface area contributed by atoms with Crippen molar-refractivity contribution in [3.63, 3.8) is 0 Å². The number of nitrogens with two attached hydrogens (primary N) is 1. The number of nitrogens with one attached hydrogen (secondary N) is 1. The predicted molar refractivity (Wildman–Crippen MR) is 75.9 cm³/mol. The molecule has 2 rings (SSSR count). The topological polar surface area (TPSA) is 59.1 Å². The van der Waals surface area contributed by atoms with Crippen molar-refractivity contribution in [1.29, 1.82) is 5.41 Å². The second-order valence-corrected chi connectivity index (χ2v) is 4.64. The van der Waals surface area contributed by atoms with Gasteiger partial charge in [0.1, 0.15) is 18.2 Å². The van der Waals surface area contributed by atoms with Gasteiger partial charge in [0.05, 0.1) is 4.47 Å². The molecule has 0 aliphatic heterocycles. The second kappa shape index (κ2) is 5.69. The number of hydrogen-bond acceptors (Lipinski definition) is 2. The van der Waals surface area contributed by atoms with E-state index >= 15 is 0 Å². The van der Waals surface area contributed by atoms with Gasteiger partial charge in [0.15, 0.2) is 0 Å². The fourth-order valence-electron chi connectivity index (χ4n) is 1.63. The number of rotatable bonds is 4. The summed E-state index contributed by atoms with van der Waals surface area (Å²) in [6.45, 7) is 0.387. The van der Waals surface area contributed by atoms with Gasteiger partial charge in [-0.2, -0.15) is 0 Å². The minimum Gasteiger partial charge on any atom is -0.488 e. The first-order valence-corrected chi connectivity index (χ1v) is 6.27. The second-order valence-electron chi connectivity index (χ2n) is 3.79. The molecule has 4 heteroatoms. The molecule has 0 fully saturated rings. The van der Waals surface area contributed by atoms with Gasteiger partial charge in [0, 0.05) is 11.1 Å². The summed E-state index contributed by atoms with van der Waals surface area (Å²) >= 11 is 3.43. The molecule has 0 radical (unpaired) electrons. The van der Waals surface area contributed by atoms with E-state index in [0.29, 0.717) is 12.2 Å². The van der Waals surface area contributed by atoms with E-state index in [-0.39, 0.29) is 5.84 Å². The van der Waals surface area contributed by atoms with Crippen molar-refractivity contribution in [1.82, 2.24) is 0 Å².